The highest BCUT2D eigenvalue weighted by atomic mass is 32.2. The van der Waals surface area contributed by atoms with Crippen molar-refractivity contribution in [1.29, 1.82) is 0 Å². The molecular formula is C22H25NO2S. The third-order valence-electron chi connectivity index (χ3n) is 5.48. The lowest BCUT2D eigenvalue weighted by molar-refractivity contribution is 0.353. The van der Waals surface area contributed by atoms with Crippen LogP contribution in [0.5, 0.6) is 0 Å². The van der Waals surface area contributed by atoms with Crippen LogP contribution in [0.25, 0.3) is 5.57 Å². The Labute approximate surface area is 156 Å². The van der Waals surface area contributed by atoms with Crippen molar-refractivity contribution >= 4 is 15.6 Å². The zero-order chi connectivity index (χ0) is 18.9. The molecule has 0 aromatic heterocycles. The van der Waals surface area contributed by atoms with Crippen LogP contribution in [0.2, 0.25) is 0 Å². The van der Waals surface area contributed by atoms with E-state index in [4.69, 9.17) is 0 Å². The van der Waals surface area contributed by atoms with Crippen LogP contribution < -0.4 is 0 Å². The zero-order valence-corrected chi connectivity index (χ0v) is 16.2. The lowest BCUT2D eigenvalue weighted by atomic mass is 9.73. The predicted molar refractivity (Wildman–Crippen MR) is 107 cm³/mol. The molecule has 3 rings (SSSR count). The summed E-state index contributed by atoms with van der Waals surface area (Å²) in [5, 5.41) is 0. The first-order valence-electron chi connectivity index (χ1n) is 8.76. The first-order chi connectivity index (χ1) is 12.3. The summed E-state index contributed by atoms with van der Waals surface area (Å²) in [6.07, 6.45) is 2.45. The fourth-order valence-corrected chi connectivity index (χ4v) is 5.44. The molecule has 4 heteroatoms. The van der Waals surface area contributed by atoms with Crippen LogP contribution in [0.4, 0.5) is 0 Å². The highest BCUT2D eigenvalue weighted by Crippen LogP contribution is 2.48. The quantitative estimate of drug-likeness (QED) is 0.721. The molecule has 1 fully saturated rings. The third-order valence-corrected chi connectivity index (χ3v) is 7.37. The highest BCUT2D eigenvalue weighted by molar-refractivity contribution is 7.89. The number of aryl methyl sites for hydroxylation is 1. The van der Waals surface area contributed by atoms with E-state index in [0.29, 0.717) is 17.9 Å². The predicted octanol–water partition coefficient (Wildman–Crippen LogP) is 4.66. The van der Waals surface area contributed by atoms with Crippen molar-refractivity contribution in [2.45, 2.75) is 31.2 Å². The summed E-state index contributed by atoms with van der Waals surface area (Å²) in [5.74, 6) is 0. The van der Waals surface area contributed by atoms with Gasteiger partial charge in [-0.25, -0.2) is 8.42 Å². The SMILES string of the molecule is C=C[C@H]1N(S(=O)(=O)c2ccc(C)cc2)CC[C@@]1(C)C(=C)c1ccccc1. The molecule has 0 saturated carbocycles. The number of rotatable bonds is 5. The van der Waals surface area contributed by atoms with E-state index >= 15 is 0 Å². The van der Waals surface area contributed by atoms with E-state index < -0.39 is 10.0 Å². The number of benzene rings is 2. The number of hydrogen-bond donors (Lipinski definition) is 0. The fraction of sp³-hybridized carbons (Fsp3) is 0.273. The average Bonchev–Trinajstić information content (AvgIpc) is 3.00. The molecule has 1 heterocycles. The van der Waals surface area contributed by atoms with Gasteiger partial charge in [0, 0.05) is 12.0 Å². The molecule has 2 aromatic carbocycles. The van der Waals surface area contributed by atoms with Gasteiger partial charge in [-0.3, -0.25) is 0 Å². The molecule has 0 aliphatic carbocycles. The summed E-state index contributed by atoms with van der Waals surface area (Å²) in [6.45, 7) is 12.7. The highest BCUT2D eigenvalue weighted by Gasteiger charge is 2.49. The minimum Gasteiger partial charge on any atom is -0.207 e. The van der Waals surface area contributed by atoms with E-state index in [1.807, 2.05) is 49.4 Å². The second-order valence-electron chi connectivity index (χ2n) is 7.12. The molecule has 1 saturated heterocycles. The summed E-state index contributed by atoms with van der Waals surface area (Å²) in [5.41, 5.74) is 2.63. The molecule has 1 aliphatic rings. The van der Waals surface area contributed by atoms with Gasteiger partial charge in [0.15, 0.2) is 0 Å². The van der Waals surface area contributed by atoms with E-state index in [9.17, 15) is 8.42 Å². The summed E-state index contributed by atoms with van der Waals surface area (Å²) in [4.78, 5) is 0.324. The van der Waals surface area contributed by atoms with E-state index in [1.54, 1.807) is 22.5 Å². The van der Waals surface area contributed by atoms with Gasteiger partial charge < -0.3 is 0 Å². The minimum absolute atomic E-state index is 0.324. The smallest absolute Gasteiger partial charge is 0.207 e. The Balaban J connectivity index is 1.98. The maximum atomic E-state index is 13.2. The van der Waals surface area contributed by atoms with E-state index in [2.05, 4.69) is 20.1 Å². The molecule has 0 radical (unpaired) electrons. The molecule has 2 atom stereocenters. The Morgan fingerprint density at radius 3 is 2.35 bits per heavy atom. The normalized spacial score (nSPS) is 23.7. The van der Waals surface area contributed by atoms with Crippen LogP contribution in [0.15, 0.2) is 78.7 Å². The molecule has 136 valence electrons. The van der Waals surface area contributed by atoms with Crippen LogP contribution >= 0.6 is 0 Å². The maximum Gasteiger partial charge on any atom is 0.243 e. The Hall–Kier alpha value is -2.17. The van der Waals surface area contributed by atoms with Gasteiger partial charge >= 0.3 is 0 Å². The van der Waals surface area contributed by atoms with Crippen molar-refractivity contribution in [2.24, 2.45) is 5.41 Å². The van der Waals surface area contributed by atoms with E-state index in [1.165, 1.54) is 0 Å². The molecule has 0 bridgehead atoms. The van der Waals surface area contributed by atoms with Crippen LogP contribution in [-0.4, -0.2) is 25.3 Å². The van der Waals surface area contributed by atoms with Crippen molar-refractivity contribution in [2.75, 3.05) is 6.54 Å². The molecule has 0 unspecified atom stereocenters. The molecule has 0 spiro atoms. The molecule has 26 heavy (non-hydrogen) atoms. The van der Waals surface area contributed by atoms with Gasteiger partial charge in [-0.1, -0.05) is 67.6 Å². The monoisotopic (exact) mass is 367 g/mol. The fourth-order valence-electron chi connectivity index (χ4n) is 3.74. The summed E-state index contributed by atoms with van der Waals surface area (Å²) in [6, 6.07) is 16.6. The number of hydrogen-bond acceptors (Lipinski definition) is 2. The van der Waals surface area contributed by atoms with E-state index in [-0.39, 0.29) is 11.5 Å². The van der Waals surface area contributed by atoms with Crippen LogP contribution in [-0.2, 0) is 10.0 Å². The van der Waals surface area contributed by atoms with Gasteiger partial charge in [-0.15, -0.1) is 6.58 Å². The molecule has 3 nitrogen and oxygen atoms in total. The van der Waals surface area contributed by atoms with Crippen LogP contribution in [0.3, 0.4) is 0 Å². The second kappa shape index (κ2) is 6.86. The van der Waals surface area contributed by atoms with Gasteiger partial charge in [0.25, 0.3) is 0 Å². The van der Waals surface area contributed by atoms with Crippen molar-refractivity contribution in [1.82, 2.24) is 4.31 Å². The second-order valence-corrected chi connectivity index (χ2v) is 9.01. The molecule has 1 aliphatic heterocycles. The zero-order valence-electron chi connectivity index (χ0n) is 15.4. The van der Waals surface area contributed by atoms with Gasteiger partial charge in [0.2, 0.25) is 10.0 Å². The number of sulfonamides is 1. The summed E-state index contributed by atoms with van der Waals surface area (Å²) < 4.78 is 28.0. The Kier molecular flexibility index (Phi) is 4.91. The number of nitrogens with zero attached hydrogens (tertiary/aromatic N) is 1. The van der Waals surface area contributed by atoms with Crippen LogP contribution in [0, 0.1) is 12.3 Å². The van der Waals surface area contributed by atoms with E-state index in [0.717, 1.165) is 16.7 Å². The summed E-state index contributed by atoms with van der Waals surface area (Å²) >= 11 is 0. The van der Waals surface area contributed by atoms with Crippen molar-refractivity contribution in [3.63, 3.8) is 0 Å². The molecule has 0 amide bonds. The van der Waals surface area contributed by atoms with Gasteiger partial charge in [-0.2, -0.15) is 4.31 Å². The maximum absolute atomic E-state index is 13.2. The topological polar surface area (TPSA) is 37.4 Å². The Morgan fingerprint density at radius 2 is 1.77 bits per heavy atom. The first-order valence-corrected chi connectivity index (χ1v) is 10.2. The van der Waals surface area contributed by atoms with Gasteiger partial charge in [0.05, 0.1) is 10.9 Å². The van der Waals surface area contributed by atoms with Gasteiger partial charge in [0.1, 0.15) is 0 Å². The largest absolute Gasteiger partial charge is 0.243 e. The van der Waals surface area contributed by atoms with Crippen molar-refractivity contribution in [3.05, 3.63) is 85.0 Å². The standard InChI is InChI=1S/C22H25NO2S/c1-5-21-22(4,18(3)19-9-7-6-8-10-19)15-16-23(21)26(24,25)20-13-11-17(2)12-14-20/h5-14,21H,1,3,15-16H2,2,4H3/t21-,22+/m1/s1. The van der Waals surface area contributed by atoms with Crippen LogP contribution in [0.1, 0.15) is 24.5 Å². The van der Waals surface area contributed by atoms with Crippen molar-refractivity contribution < 1.29 is 8.42 Å². The first kappa shape index (κ1) is 18.6. The minimum atomic E-state index is -3.58. The third kappa shape index (κ3) is 3.04. The average molecular weight is 368 g/mol. The molecular weight excluding hydrogens is 342 g/mol. The lowest BCUT2D eigenvalue weighted by Gasteiger charge is -2.35. The Morgan fingerprint density at radius 1 is 1.15 bits per heavy atom. The molecule has 0 N–H and O–H groups in total. The molecule has 2 aromatic rings. The lowest BCUT2D eigenvalue weighted by Crippen LogP contribution is -2.40. The summed E-state index contributed by atoms with van der Waals surface area (Å²) in [7, 11) is -3.58. The van der Waals surface area contributed by atoms with Crippen molar-refractivity contribution in [3.8, 4) is 0 Å². The Bertz CT molecular complexity index is 916. The van der Waals surface area contributed by atoms with Gasteiger partial charge in [-0.05, 0) is 36.6 Å².